The van der Waals surface area contributed by atoms with Crippen molar-refractivity contribution in [3.05, 3.63) is 0 Å². The van der Waals surface area contributed by atoms with E-state index in [1.54, 1.807) is 13.8 Å². The van der Waals surface area contributed by atoms with E-state index in [0.29, 0.717) is 12.6 Å². The molecule has 5 heteroatoms. The van der Waals surface area contributed by atoms with Crippen molar-refractivity contribution in [3.8, 4) is 0 Å². The number of nitrogens with zero attached hydrogens (tertiary/aromatic N) is 1. The summed E-state index contributed by atoms with van der Waals surface area (Å²) < 4.78 is 23.6. The van der Waals surface area contributed by atoms with Gasteiger partial charge in [-0.05, 0) is 40.2 Å². The molecule has 0 aromatic rings. The summed E-state index contributed by atoms with van der Waals surface area (Å²) in [6.45, 7) is 7.12. The average molecular weight is 262 g/mol. The highest BCUT2D eigenvalue weighted by molar-refractivity contribution is 7.92. The molecule has 0 bridgehead atoms. The van der Waals surface area contributed by atoms with Crippen LogP contribution in [0.2, 0.25) is 0 Å². The van der Waals surface area contributed by atoms with E-state index >= 15 is 0 Å². The maximum absolute atomic E-state index is 11.8. The lowest BCUT2D eigenvalue weighted by Crippen LogP contribution is -2.50. The van der Waals surface area contributed by atoms with Crippen molar-refractivity contribution in [1.29, 1.82) is 0 Å². The van der Waals surface area contributed by atoms with Crippen molar-refractivity contribution in [2.75, 3.05) is 18.8 Å². The average Bonchev–Trinajstić information content (AvgIpc) is 2.26. The lowest BCUT2D eigenvalue weighted by molar-refractivity contribution is 0.139. The van der Waals surface area contributed by atoms with E-state index in [1.165, 1.54) is 6.42 Å². The van der Waals surface area contributed by atoms with Crippen LogP contribution in [-0.4, -0.2) is 49.5 Å². The summed E-state index contributed by atoms with van der Waals surface area (Å²) in [5, 5.41) is -0.277. The SMILES string of the molecule is CC(N)C1CCCCN1CCS(=O)(=O)C(C)C. The number of hydrogen-bond donors (Lipinski definition) is 1. The highest BCUT2D eigenvalue weighted by atomic mass is 32.2. The Morgan fingerprint density at radius 3 is 2.47 bits per heavy atom. The minimum Gasteiger partial charge on any atom is -0.327 e. The highest BCUT2D eigenvalue weighted by Crippen LogP contribution is 2.19. The summed E-state index contributed by atoms with van der Waals surface area (Å²) in [7, 11) is -2.93. The van der Waals surface area contributed by atoms with Crippen LogP contribution in [0.15, 0.2) is 0 Å². The van der Waals surface area contributed by atoms with Crippen molar-refractivity contribution in [1.82, 2.24) is 4.90 Å². The molecule has 1 aliphatic heterocycles. The number of rotatable bonds is 5. The molecule has 1 aliphatic rings. The predicted molar refractivity (Wildman–Crippen MR) is 71.8 cm³/mol. The molecule has 0 aromatic carbocycles. The molecule has 1 heterocycles. The van der Waals surface area contributed by atoms with Gasteiger partial charge in [-0.25, -0.2) is 8.42 Å². The van der Waals surface area contributed by atoms with Gasteiger partial charge in [0.15, 0.2) is 9.84 Å². The monoisotopic (exact) mass is 262 g/mol. The summed E-state index contributed by atoms with van der Waals surface area (Å²) in [6, 6.07) is 0.475. The number of hydrogen-bond acceptors (Lipinski definition) is 4. The van der Waals surface area contributed by atoms with Crippen LogP contribution in [0, 0.1) is 0 Å². The summed E-state index contributed by atoms with van der Waals surface area (Å²) in [5.74, 6) is 0.258. The predicted octanol–water partition coefficient (Wildman–Crippen LogP) is 1.01. The zero-order valence-electron chi connectivity index (χ0n) is 11.2. The van der Waals surface area contributed by atoms with Gasteiger partial charge in [0, 0.05) is 18.6 Å². The van der Waals surface area contributed by atoms with Crippen LogP contribution in [-0.2, 0) is 9.84 Å². The maximum Gasteiger partial charge on any atom is 0.153 e. The topological polar surface area (TPSA) is 63.4 Å². The van der Waals surface area contributed by atoms with E-state index in [-0.39, 0.29) is 17.0 Å². The summed E-state index contributed by atoms with van der Waals surface area (Å²) in [4.78, 5) is 2.26. The fraction of sp³-hybridized carbons (Fsp3) is 1.00. The number of likely N-dealkylation sites (tertiary alicyclic amines) is 1. The Balaban J connectivity index is 2.55. The minimum atomic E-state index is -2.93. The molecular formula is C12H26N2O2S. The van der Waals surface area contributed by atoms with Gasteiger partial charge >= 0.3 is 0 Å². The first kappa shape index (κ1) is 14.9. The van der Waals surface area contributed by atoms with Crippen molar-refractivity contribution in [3.63, 3.8) is 0 Å². The van der Waals surface area contributed by atoms with E-state index in [2.05, 4.69) is 4.90 Å². The molecule has 1 rings (SSSR count). The van der Waals surface area contributed by atoms with Gasteiger partial charge in [0.05, 0.1) is 11.0 Å². The van der Waals surface area contributed by atoms with Crippen LogP contribution >= 0.6 is 0 Å². The van der Waals surface area contributed by atoms with E-state index < -0.39 is 9.84 Å². The van der Waals surface area contributed by atoms with Gasteiger partial charge in [0.2, 0.25) is 0 Å². The molecule has 1 saturated heterocycles. The molecule has 0 spiro atoms. The van der Waals surface area contributed by atoms with Crippen molar-refractivity contribution in [2.45, 2.75) is 57.4 Å². The molecular weight excluding hydrogens is 236 g/mol. The fourth-order valence-corrected chi connectivity index (χ4v) is 3.33. The van der Waals surface area contributed by atoms with Crippen LogP contribution in [0.4, 0.5) is 0 Å². The zero-order valence-corrected chi connectivity index (χ0v) is 12.0. The van der Waals surface area contributed by atoms with Gasteiger partial charge in [-0.15, -0.1) is 0 Å². The van der Waals surface area contributed by atoms with E-state index in [4.69, 9.17) is 5.73 Å². The van der Waals surface area contributed by atoms with Crippen molar-refractivity contribution in [2.24, 2.45) is 5.73 Å². The van der Waals surface area contributed by atoms with Crippen LogP contribution < -0.4 is 5.73 Å². The summed E-state index contributed by atoms with van der Waals surface area (Å²) in [6.07, 6.45) is 3.46. The molecule has 0 aliphatic carbocycles. The molecule has 17 heavy (non-hydrogen) atoms. The van der Waals surface area contributed by atoms with Gasteiger partial charge in [0.25, 0.3) is 0 Å². The van der Waals surface area contributed by atoms with E-state index in [9.17, 15) is 8.42 Å². The molecule has 0 saturated carbocycles. The van der Waals surface area contributed by atoms with Gasteiger partial charge in [-0.2, -0.15) is 0 Å². The fourth-order valence-electron chi connectivity index (χ4n) is 2.37. The summed E-state index contributed by atoms with van der Waals surface area (Å²) >= 11 is 0. The van der Waals surface area contributed by atoms with E-state index in [1.807, 2.05) is 6.92 Å². The number of nitrogens with two attached hydrogens (primary N) is 1. The Kier molecular flexibility index (Phi) is 5.41. The molecule has 0 aromatic heterocycles. The third-order valence-electron chi connectivity index (χ3n) is 3.65. The normalized spacial score (nSPS) is 25.1. The maximum atomic E-state index is 11.8. The first-order valence-corrected chi connectivity index (χ1v) is 8.27. The third kappa shape index (κ3) is 4.23. The number of piperidine rings is 1. The Hall–Kier alpha value is -0.130. The van der Waals surface area contributed by atoms with Crippen LogP contribution in [0.1, 0.15) is 40.0 Å². The lowest BCUT2D eigenvalue weighted by atomic mass is 9.97. The highest BCUT2D eigenvalue weighted by Gasteiger charge is 2.27. The molecule has 2 unspecified atom stereocenters. The molecule has 102 valence electrons. The second kappa shape index (κ2) is 6.16. The molecule has 2 atom stereocenters. The molecule has 2 N–H and O–H groups in total. The van der Waals surface area contributed by atoms with Crippen LogP contribution in [0.5, 0.6) is 0 Å². The molecule has 1 fully saturated rings. The minimum absolute atomic E-state index is 0.122. The van der Waals surface area contributed by atoms with Crippen LogP contribution in [0.3, 0.4) is 0 Å². The summed E-state index contributed by atoms with van der Waals surface area (Å²) in [5.41, 5.74) is 5.97. The van der Waals surface area contributed by atoms with E-state index in [0.717, 1.165) is 19.4 Å². The number of sulfone groups is 1. The molecule has 0 amide bonds. The smallest absolute Gasteiger partial charge is 0.153 e. The van der Waals surface area contributed by atoms with Gasteiger partial charge < -0.3 is 5.73 Å². The zero-order chi connectivity index (χ0) is 13.1. The molecule has 0 radical (unpaired) electrons. The van der Waals surface area contributed by atoms with Gasteiger partial charge in [-0.1, -0.05) is 6.42 Å². The largest absolute Gasteiger partial charge is 0.327 e. The standard InChI is InChI=1S/C12H26N2O2S/c1-10(2)17(15,16)9-8-14-7-5-4-6-12(14)11(3)13/h10-12H,4-9,13H2,1-3H3. The second-order valence-electron chi connectivity index (χ2n) is 5.37. The van der Waals surface area contributed by atoms with Crippen LogP contribution in [0.25, 0.3) is 0 Å². The Bertz CT molecular complexity index is 325. The van der Waals surface area contributed by atoms with Crippen molar-refractivity contribution < 1.29 is 8.42 Å². The second-order valence-corrected chi connectivity index (χ2v) is 8.05. The first-order valence-electron chi connectivity index (χ1n) is 6.56. The third-order valence-corrected chi connectivity index (χ3v) is 5.84. The Morgan fingerprint density at radius 1 is 1.29 bits per heavy atom. The Morgan fingerprint density at radius 2 is 1.94 bits per heavy atom. The first-order chi connectivity index (χ1) is 7.84. The Labute approximate surface area is 105 Å². The lowest BCUT2D eigenvalue weighted by Gasteiger charge is -2.38. The van der Waals surface area contributed by atoms with Gasteiger partial charge in [-0.3, -0.25) is 4.90 Å². The van der Waals surface area contributed by atoms with Gasteiger partial charge in [0.1, 0.15) is 0 Å². The quantitative estimate of drug-likeness (QED) is 0.803. The van der Waals surface area contributed by atoms with Crippen molar-refractivity contribution >= 4 is 9.84 Å². The molecule has 4 nitrogen and oxygen atoms in total.